The summed E-state index contributed by atoms with van der Waals surface area (Å²) in [6.45, 7) is 5.06. The van der Waals surface area contributed by atoms with Gasteiger partial charge in [0, 0.05) is 12.6 Å². The monoisotopic (exact) mass is 250 g/mol. The van der Waals surface area contributed by atoms with Crippen LogP contribution in [0.4, 0.5) is 0 Å². The van der Waals surface area contributed by atoms with Gasteiger partial charge in [-0.3, -0.25) is 0 Å². The van der Waals surface area contributed by atoms with Crippen molar-refractivity contribution in [1.82, 2.24) is 5.32 Å². The Morgan fingerprint density at radius 1 is 1.05 bits per heavy atom. The normalized spacial score (nSPS) is 11.8. The van der Waals surface area contributed by atoms with Crippen LogP contribution in [0.3, 0.4) is 0 Å². The lowest BCUT2D eigenvalue weighted by atomic mass is 10.1. The van der Waals surface area contributed by atoms with Crippen LogP contribution in [0.5, 0.6) is 0 Å². The van der Waals surface area contributed by atoms with Crippen molar-refractivity contribution >= 4 is 0 Å². The van der Waals surface area contributed by atoms with Gasteiger partial charge in [-0.05, 0) is 37.1 Å². The highest BCUT2D eigenvalue weighted by Crippen LogP contribution is 2.14. The average molecular weight is 250 g/mol. The van der Waals surface area contributed by atoms with E-state index in [4.69, 9.17) is 5.26 Å². The molecule has 0 heterocycles. The number of benzene rings is 2. The molecular weight excluding hydrogens is 232 g/mol. The minimum absolute atomic E-state index is 0.316. The van der Waals surface area contributed by atoms with E-state index in [1.165, 1.54) is 16.7 Å². The van der Waals surface area contributed by atoms with Crippen LogP contribution < -0.4 is 5.32 Å². The number of nitrogens with one attached hydrogen (secondary N) is 1. The van der Waals surface area contributed by atoms with Crippen molar-refractivity contribution in [2.45, 2.75) is 26.4 Å². The van der Waals surface area contributed by atoms with Crippen LogP contribution in [0, 0.1) is 18.3 Å². The number of hydrogen-bond donors (Lipinski definition) is 1. The molecule has 1 atom stereocenters. The maximum atomic E-state index is 8.75. The van der Waals surface area contributed by atoms with Gasteiger partial charge in [0.2, 0.25) is 0 Å². The van der Waals surface area contributed by atoms with Crippen LogP contribution in [0.15, 0.2) is 48.5 Å². The van der Waals surface area contributed by atoms with E-state index in [9.17, 15) is 0 Å². The lowest BCUT2D eigenvalue weighted by Gasteiger charge is -2.14. The van der Waals surface area contributed by atoms with E-state index in [2.05, 4.69) is 49.5 Å². The van der Waals surface area contributed by atoms with Crippen molar-refractivity contribution < 1.29 is 0 Å². The van der Waals surface area contributed by atoms with E-state index >= 15 is 0 Å². The first kappa shape index (κ1) is 13.3. The van der Waals surface area contributed by atoms with Crippen molar-refractivity contribution in [2.24, 2.45) is 0 Å². The fourth-order valence-electron chi connectivity index (χ4n) is 1.94. The quantitative estimate of drug-likeness (QED) is 0.897. The molecule has 1 N–H and O–H groups in total. The molecule has 2 aromatic rings. The third-order valence-electron chi connectivity index (χ3n) is 3.27. The Balaban J connectivity index is 1.94. The summed E-state index contributed by atoms with van der Waals surface area (Å²) in [4.78, 5) is 0. The molecule has 2 rings (SSSR count). The maximum Gasteiger partial charge on any atom is 0.0991 e. The number of nitrogens with zero attached hydrogens (tertiary/aromatic N) is 1. The molecule has 0 fully saturated rings. The van der Waals surface area contributed by atoms with Gasteiger partial charge in [0.05, 0.1) is 11.6 Å². The standard InChI is InChI=1S/C17H18N2/c1-13-3-9-17(10-4-13)14(2)19-12-16-7-5-15(11-18)6-8-16/h3-10,14,19H,12H2,1-2H3/t14-/m0/s1. The van der Waals surface area contributed by atoms with E-state index in [-0.39, 0.29) is 0 Å². The fourth-order valence-corrected chi connectivity index (χ4v) is 1.94. The molecule has 0 bridgehead atoms. The molecule has 0 aliphatic carbocycles. The van der Waals surface area contributed by atoms with Gasteiger partial charge < -0.3 is 5.32 Å². The summed E-state index contributed by atoms with van der Waals surface area (Å²) >= 11 is 0. The molecule has 0 aliphatic rings. The Kier molecular flexibility index (Phi) is 4.33. The highest BCUT2D eigenvalue weighted by Gasteiger charge is 2.04. The summed E-state index contributed by atoms with van der Waals surface area (Å²) in [5, 5.41) is 12.2. The smallest absolute Gasteiger partial charge is 0.0991 e. The van der Waals surface area contributed by atoms with Crippen LogP contribution in [-0.4, -0.2) is 0 Å². The Morgan fingerprint density at radius 3 is 2.26 bits per heavy atom. The van der Waals surface area contributed by atoms with Crippen molar-refractivity contribution in [2.75, 3.05) is 0 Å². The Morgan fingerprint density at radius 2 is 1.68 bits per heavy atom. The number of hydrogen-bond acceptors (Lipinski definition) is 2. The number of aryl methyl sites for hydroxylation is 1. The molecule has 2 aromatic carbocycles. The average Bonchev–Trinajstić information content (AvgIpc) is 2.46. The van der Waals surface area contributed by atoms with Crippen molar-refractivity contribution in [3.05, 3.63) is 70.8 Å². The second-order valence-electron chi connectivity index (χ2n) is 4.82. The van der Waals surface area contributed by atoms with Crippen molar-refractivity contribution in [1.29, 1.82) is 5.26 Å². The van der Waals surface area contributed by atoms with Gasteiger partial charge in [-0.1, -0.05) is 42.0 Å². The second kappa shape index (κ2) is 6.17. The van der Waals surface area contributed by atoms with Gasteiger partial charge >= 0.3 is 0 Å². The lowest BCUT2D eigenvalue weighted by Crippen LogP contribution is -2.17. The van der Waals surface area contributed by atoms with Crippen LogP contribution in [0.2, 0.25) is 0 Å². The van der Waals surface area contributed by atoms with E-state index in [1.54, 1.807) is 0 Å². The Hall–Kier alpha value is -2.11. The van der Waals surface area contributed by atoms with Gasteiger partial charge in [0.1, 0.15) is 0 Å². The van der Waals surface area contributed by atoms with Crippen molar-refractivity contribution in [3.8, 4) is 6.07 Å². The van der Waals surface area contributed by atoms with Gasteiger partial charge in [-0.2, -0.15) is 5.26 Å². The van der Waals surface area contributed by atoms with Gasteiger partial charge in [-0.15, -0.1) is 0 Å². The molecular formula is C17H18N2. The third-order valence-corrected chi connectivity index (χ3v) is 3.27. The first-order valence-electron chi connectivity index (χ1n) is 6.48. The molecule has 0 amide bonds. The Labute approximate surface area is 114 Å². The predicted octanol–water partition coefficient (Wildman–Crippen LogP) is 3.72. The summed E-state index contributed by atoms with van der Waals surface area (Å²) in [5.74, 6) is 0. The van der Waals surface area contributed by atoms with E-state index < -0.39 is 0 Å². The second-order valence-corrected chi connectivity index (χ2v) is 4.82. The van der Waals surface area contributed by atoms with E-state index in [0.717, 1.165) is 6.54 Å². The minimum Gasteiger partial charge on any atom is -0.306 e. The summed E-state index contributed by atoms with van der Waals surface area (Å²) in [6.07, 6.45) is 0. The zero-order chi connectivity index (χ0) is 13.7. The van der Waals surface area contributed by atoms with Crippen LogP contribution in [-0.2, 0) is 6.54 Å². The van der Waals surface area contributed by atoms with Gasteiger partial charge in [0.25, 0.3) is 0 Å². The summed E-state index contributed by atoms with van der Waals surface area (Å²) in [6, 6.07) is 18.7. The maximum absolute atomic E-state index is 8.75. The molecule has 0 radical (unpaired) electrons. The highest BCUT2D eigenvalue weighted by atomic mass is 14.9. The van der Waals surface area contributed by atoms with Gasteiger partial charge in [-0.25, -0.2) is 0 Å². The van der Waals surface area contributed by atoms with Crippen LogP contribution in [0.1, 0.15) is 35.2 Å². The molecule has 19 heavy (non-hydrogen) atoms. The first-order valence-corrected chi connectivity index (χ1v) is 6.48. The minimum atomic E-state index is 0.316. The first-order chi connectivity index (χ1) is 9.19. The molecule has 0 saturated carbocycles. The third kappa shape index (κ3) is 3.67. The zero-order valence-corrected chi connectivity index (χ0v) is 11.4. The van der Waals surface area contributed by atoms with Crippen LogP contribution >= 0.6 is 0 Å². The van der Waals surface area contributed by atoms with E-state index in [1.807, 2.05) is 24.3 Å². The molecule has 2 heteroatoms. The Bertz CT molecular complexity index is 562. The summed E-state index contributed by atoms with van der Waals surface area (Å²) < 4.78 is 0. The lowest BCUT2D eigenvalue weighted by molar-refractivity contribution is 0.574. The van der Waals surface area contributed by atoms with Crippen molar-refractivity contribution in [3.63, 3.8) is 0 Å². The van der Waals surface area contributed by atoms with E-state index in [0.29, 0.717) is 11.6 Å². The molecule has 2 nitrogen and oxygen atoms in total. The largest absolute Gasteiger partial charge is 0.306 e. The SMILES string of the molecule is Cc1ccc([C@H](C)NCc2ccc(C#N)cc2)cc1. The molecule has 0 spiro atoms. The molecule has 0 aliphatic heterocycles. The van der Waals surface area contributed by atoms with Crippen LogP contribution in [0.25, 0.3) is 0 Å². The number of nitriles is 1. The molecule has 96 valence electrons. The number of rotatable bonds is 4. The molecule has 0 aromatic heterocycles. The summed E-state index contributed by atoms with van der Waals surface area (Å²) in [7, 11) is 0. The molecule has 0 unspecified atom stereocenters. The highest BCUT2D eigenvalue weighted by molar-refractivity contribution is 5.31. The predicted molar refractivity (Wildman–Crippen MR) is 77.6 cm³/mol. The molecule has 0 saturated heterocycles. The fraction of sp³-hybridized carbons (Fsp3) is 0.235. The zero-order valence-electron chi connectivity index (χ0n) is 11.4. The van der Waals surface area contributed by atoms with Gasteiger partial charge in [0.15, 0.2) is 0 Å². The summed E-state index contributed by atoms with van der Waals surface area (Å²) in [5.41, 5.74) is 4.47. The topological polar surface area (TPSA) is 35.8 Å².